The van der Waals surface area contributed by atoms with Gasteiger partial charge in [-0.2, -0.15) is 0 Å². The highest BCUT2D eigenvalue weighted by molar-refractivity contribution is 6.03. The third-order valence-corrected chi connectivity index (χ3v) is 5.37. The van der Waals surface area contributed by atoms with E-state index in [4.69, 9.17) is 14.4 Å². The van der Waals surface area contributed by atoms with Crippen molar-refractivity contribution in [1.29, 1.82) is 0 Å². The van der Waals surface area contributed by atoms with Gasteiger partial charge in [0, 0.05) is 35.8 Å². The zero-order valence-corrected chi connectivity index (χ0v) is 19.0. The van der Waals surface area contributed by atoms with E-state index in [1.807, 2.05) is 18.2 Å². The molecule has 0 aliphatic carbocycles. The number of halogens is 1. The number of rotatable bonds is 8. The zero-order valence-electron chi connectivity index (χ0n) is 18.2. The molecule has 174 valence electrons. The fourth-order valence-corrected chi connectivity index (χ4v) is 3.58. The van der Waals surface area contributed by atoms with Crippen molar-refractivity contribution < 1.29 is 24.0 Å². The van der Waals surface area contributed by atoms with Crippen LogP contribution in [-0.4, -0.2) is 43.3 Å². The minimum Gasteiger partial charge on any atom is -0.492 e. The Bertz CT molecular complexity index is 1140. The number of nitrogens with zero attached hydrogens (tertiary/aromatic N) is 2. The molecule has 0 spiro atoms. The van der Waals surface area contributed by atoms with Crippen molar-refractivity contribution in [2.75, 3.05) is 36.0 Å². The topological polar surface area (TPSA) is 95.2 Å². The SMILES string of the molecule is CC=CC(=O)N(CCOc1ccc(C(=O)NO)cc1)c1cc2c(N3CCC3)cccc2o1.Cl. The molecule has 0 saturated carbocycles. The number of carbonyl (C=O) groups excluding carboxylic acids is 2. The van der Waals surface area contributed by atoms with Crippen LogP contribution in [0.2, 0.25) is 0 Å². The van der Waals surface area contributed by atoms with E-state index >= 15 is 0 Å². The summed E-state index contributed by atoms with van der Waals surface area (Å²) in [6.07, 6.45) is 4.36. The summed E-state index contributed by atoms with van der Waals surface area (Å²) in [6, 6.07) is 14.2. The van der Waals surface area contributed by atoms with Crippen LogP contribution in [0.15, 0.2) is 65.1 Å². The van der Waals surface area contributed by atoms with Crippen LogP contribution in [0.5, 0.6) is 5.75 Å². The first-order valence-electron chi connectivity index (χ1n) is 10.5. The minimum absolute atomic E-state index is 0. The molecule has 9 heteroatoms. The molecule has 1 aromatic heterocycles. The van der Waals surface area contributed by atoms with Crippen molar-refractivity contribution >= 4 is 46.8 Å². The molecular weight excluding hydrogens is 446 g/mol. The first-order chi connectivity index (χ1) is 15.6. The summed E-state index contributed by atoms with van der Waals surface area (Å²) >= 11 is 0. The van der Waals surface area contributed by atoms with Gasteiger partial charge >= 0.3 is 0 Å². The Morgan fingerprint density at radius 2 is 1.97 bits per heavy atom. The number of carbonyl (C=O) groups is 2. The molecule has 8 nitrogen and oxygen atoms in total. The van der Waals surface area contributed by atoms with Crippen molar-refractivity contribution in [3.8, 4) is 5.75 Å². The Morgan fingerprint density at radius 1 is 1.21 bits per heavy atom. The normalized spacial score (nSPS) is 12.8. The lowest BCUT2D eigenvalue weighted by molar-refractivity contribution is -0.114. The molecule has 4 rings (SSSR count). The fourth-order valence-electron chi connectivity index (χ4n) is 3.58. The Labute approximate surface area is 197 Å². The number of hydrogen-bond donors (Lipinski definition) is 2. The lowest BCUT2D eigenvalue weighted by Gasteiger charge is -2.33. The predicted molar refractivity (Wildman–Crippen MR) is 129 cm³/mol. The molecule has 2 amide bonds. The second kappa shape index (κ2) is 10.9. The van der Waals surface area contributed by atoms with E-state index in [0.29, 0.717) is 17.2 Å². The highest BCUT2D eigenvalue weighted by atomic mass is 35.5. The molecule has 33 heavy (non-hydrogen) atoms. The average molecular weight is 472 g/mol. The molecule has 1 aliphatic rings. The predicted octanol–water partition coefficient (Wildman–Crippen LogP) is 4.17. The van der Waals surface area contributed by atoms with Crippen LogP contribution >= 0.6 is 12.4 Å². The summed E-state index contributed by atoms with van der Waals surface area (Å²) < 4.78 is 11.8. The third-order valence-electron chi connectivity index (χ3n) is 5.37. The minimum atomic E-state index is -0.595. The van der Waals surface area contributed by atoms with E-state index in [9.17, 15) is 9.59 Å². The fraction of sp³-hybridized carbons (Fsp3) is 0.250. The molecule has 3 aromatic rings. The largest absolute Gasteiger partial charge is 0.492 e. The number of ether oxygens (including phenoxy) is 1. The summed E-state index contributed by atoms with van der Waals surface area (Å²) in [5.41, 5.74) is 3.75. The van der Waals surface area contributed by atoms with Crippen molar-refractivity contribution in [1.82, 2.24) is 5.48 Å². The maximum atomic E-state index is 12.7. The molecule has 2 heterocycles. The highest BCUT2D eigenvalue weighted by Gasteiger charge is 2.22. The van der Waals surface area contributed by atoms with E-state index in [0.717, 1.165) is 29.7 Å². The van der Waals surface area contributed by atoms with Crippen molar-refractivity contribution in [3.05, 3.63) is 66.2 Å². The van der Waals surface area contributed by atoms with Crippen LogP contribution in [-0.2, 0) is 4.79 Å². The molecule has 0 atom stereocenters. The van der Waals surface area contributed by atoms with E-state index < -0.39 is 5.91 Å². The number of furan rings is 1. The van der Waals surface area contributed by atoms with Gasteiger partial charge in [-0.25, -0.2) is 5.48 Å². The van der Waals surface area contributed by atoms with E-state index in [1.54, 1.807) is 47.6 Å². The summed E-state index contributed by atoms with van der Waals surface area (Å²) in [4.78, 5) is 28.0. The maximum Gasteiger partial charge on any atom is 0.274 e. The van der Waals surface area contributed by atoms with Gasteiger partial charge in [-0.1, -0.05) is 12.1 Å². The van der Waals surface area contributed by atoms with Gasteiger partial charge in [0.05, 0.1) is 6.54 Å². The van der Waals surface area contributed by atoms with Gasteiger partial charge in [-0.3, -0.25) is 19.7 Å². The second-order valence-electron chi connectivity index (χ2n) is 7.42. The number of allylic oxidation sites excluding steroid dienone is 1. The van der Waals surface area contributed by atoms with Crippen LogP contribution in [0.25, 0.3) is 11.0 Å². The third kappa shape index (κ3) is 5.30. The van der Waals surface area contributed by atoms with Crippen molar-refractivity contribution in [3.63, 3.8) is 0 Å². The Morgan fingerprint density at radius 3 is 2.61 bits per heavy atom. The standard InChI is InChI=1S/C24H25N3O5.ClH/c1-2-5-22(28)27(14-15-31-18-10-8-17(9-11-18)24(29)25-30)23-16-19-20(26-12-4-13-26)6-3-7-21(19)32-23;/h2-3,5-11,16,30H,4,12-15H2,1H3,(H,25,29);1H. The lowest BCUT2D eigenvalue weighted by atomic mass is 10.1. The molecule has 0 bridgehead atoms. The van der Waals surface area contributed by atoms with Gasteiger partial charge in [0.2, 0.25) is 5.88 Å². The molecule has 2 N–H and O–H groups in total. The van der Waals surface area contributed by atoms with E-state index in [-0.39, 0.29) is 31.5 Å². The van der Waals surface area contributed by atoms with Crippen molar-refractivity contribution in [2.24, 2.45) is 0 Å². The summed E-state index contributed by atoms with van der Waals surface area (Å²) in [5.74, 6) is 0.218. The van der Waals surface area contributed by atoms with Gasteiger partial charge in [0.25, 0.3) is 11.8 Å². The molecule has 2 aromatic carbocycles. The van der Waals surface area contributed by atoms with Crippen LogP contribution in [0.3, 0.4) is 0 Å². The van der Waals surface area contributed by atoms with Crippen LogP contribution < -0.4 is 20.0 Å². The number of amides is 2. The highest BCUT2D eigenvalue weighted by Crippen LogP contribution is 2.35. The molecule has 1 aliphatic heterocycles. The first-order valence-corrected chi connectivity index (χ1v) is 10.5. The number of hydroxylamine groups is 1. The smallest absolute Gasteiger partial charge is 0.274 e. The number of anilines is 2. The first kappa shape index (κ1) is 24.2. The van der Waals surface area contributed by atoms with E-state index in [1.165, 1.54) is 12.5 Å². The van der Waals surface area contributed by atoms with Gasteiger partial charge < -0.3 is 14.1 Å². The maximum absolute atomic E-state index is 12.7. The van der Waals surface area contributed by atoms with Crippen molar-refractivity contribution in [2.45, 2.75) is 13.3 Å². The monoisotopic (exact) mass is 471 g/mol. The van der Waals surface area contributed by atoms with Gasteiger partial charge in [0.15, 0.2) is 0 Å². The number of benzene rings is 2. The average Bonchev–Trinajstić information content (AvgIpc) is 3.20. The summed E-state index contributed by atoms with van der Waals surface area (Å²) in [5, 5.41) is 9.68. The Balaban J connectivity index is 0.00000306. The zero-order chi connectivity index (χ0) is 22.5. The summed E-state index contributed by atoms with van der Waals surface area (Å²) in [6.45, 7) is 4.34. The van der Waals surface area contributed by atoms with Crippen LogP contribution in [0.4, 0.5) is 11.6 Å². The Kier molecular flexibility index (Phi) is 7.97. The molecule has 1 fully saturated rings. The van der Waals surface area contributed by atoms with Gasteiger partial charge in [-0.15, -0.1) is 12.4 Å². The summed E-state index contributed by atoms with van der Waals surface area (Å²) in [7, 11) is 0. The number of fused-ring (bicyclic) bond motifs is 1. The molecule has 1 saturated heterocycles. The molecule has 0 unspecified atom stereocenters. The van der Waals surface area contributed by atoms with Gasteiger partial charge in [-0.05, 0) is 55.8 Å². The lowest BCUT2D eigenvalue weighted by Crippen LogP contribution is -2.37. The number of hydrogen-bond acceptors (Lipinski definition) is 6. The van der Waals surface area contributed by atoms with Crippen LogP contribution in [0, 0.1) is 0 Å². The Hall–Kier alpha value is -3.49. The van der Waals surface area contributed by atoms with E-state index in [2.05, 4.69) is 11.0 Å². The van der Waals surface area contributed by atoms with Gasteiger partial charge in [0.1, 0.15) is 17.9 Å². The number of nitrogens with one attached hydrogen (secondary N) is 1. The van der Waals surface area contributed by atoms with Crippen LogP contribution in [0.1, 0.15) is 23.7 Å². The quantitative estimate of drug-likeness (QED) is 0.291. The molecule has 0 radical (unpaired) electrons. The molecular formula is C24H26ClN3O5. The second-order valence-corrected chi connectivity index (χ2v) is 7.42.